The van der Waals surface area contributed by atoms with E-state index in [9.17, 15) is 15.0 Å². The highest BCUT2D eigenvalue weighted by Crippen LogP contribution is 2.59. The van der Waals surface area contributed by atoms with Crippen LogP contribution in [0.3, 0.4) is 0 Å². The predicted octanol–water partition coefficient (Wildman–Crippen LogP) is 7.50. The fourth-order valence-corrected chi connectivity index (χ4v) is 9.38. The van der Waals surface area contributed by atoms with Crippen LogP contribution in [0.1, 0.15) is 118 Å². The molecule has 3 saturated carbocycles. The molecule has 43 heavy (non-hydrogen) atoms. The third kappa shape index (κ3) is 8.17. The van der Waals surface area contributed by atoms with Gasteiger partial charge in [0.25, 0.3) is 0 Å². The van der Waals surface area contributed by atoms with Crippen molar-refractivity contribution in [2.24, 2.45) is 52.3 Å². The molecule has 0 aromatic heterocycles. The summed E-state index contributed by atoms with van der Waals surface area (Å²) in [6, 6.07) is 0. The van der Waals surface area contributed by atoms with Crippen molar-refractivity contribution in [1.29, 1.82) is 5.41 Å². The molecule has 0 aromatic rings. The van der Waals surface area contributed by atoms with E-state index in [1.54, 1.807) is 6.92 Å². The van der Waals surface area contributed by atoms with Gasteiger partial charge in [-0.15, -0.1) is 0 Å². The summed E-state index contributed by atoms with van der Waals surface area (Å²) >= 11 is 0. The molecule has 0 heterocycles. The lowest BCUT2D eigenvalue weighted by Gasteiger charge is -2.48. The second-order valence-electron chi connectivity index (χ2n) is 15.6. The lowest BCUT2D eigenvalue weighted by Crippen LogP contribution is -2.42. The Hall–Kier alpha value is -1.60. The highest BCUT2D eigenvalue weighted by Gasteiger charge is 2.51. The van der Waals surface area contributed by atoms with Crippen LogP contribution in [-0.2, 0) is 9.47 Å². The monoisotopic (exact) mass is 602 g/mol. The summed E-state index contributed by atoms with van der Waals surface area (Å²) in [5.74, 6) is 5.78. The van der Waals surface area contributed by atoms with Gasteiger partial charge >= 0.3 is 6.09 Å². The van der Waals surface area contributed by atoms with Crippen LogP contribution in [0.15, 0.2) is 11.6 Å². The molecule has 1 amide bonds. The number of allylic oxidation sites excluding steroid dienone is 1. The summed E-state index contributed by atoms with van der Waals surface area (Å²) in [5.41, 5.74) is 0.626. The number of carbonyl (C=O) groups excluding carboxylic acids is 1. The van der Waals surface area contributed by atoms with E-state index < -0.39 is 11.5 Å². The maximum Gasteiger partial charge on any atom is 0.407 e. The van der Waals surface area contributed by atoms with E-state index in [1.807, 2.05) is 0 Å². The van der Waals surface area contributed by atoms with Crippen molar-refractivity contribution in [1.82, 2.24) is 5.32 Å². The molecular formula is C36H62N2O5. The number of ether oxygens (including phenoxy) is 2. The third-order valence-electron chi connectivity index (χ3n) is 12.2. The molecule has 8 atom stereocenters. The molecule has 4 rings (SSSR count). The van der Waals surface area contributed by atoms with Crippen LogP contribution >= 0.6 is 0 Å². The van der Waals surface area contributed by atoms with Crippen molar-refractivity contribution < 1.29 is 24.5 Å². The Bertz CT molecular complexity index is 961. The Morgan fingerprint density at radius 3 is 2.56 bits per heavy atom. The van der Waals surface area contributed by atoms with Crippen molar-refractivity contribution in [2.45, 2.75) is 124 Å². The number of amides is 1. The standard InChI is InChI=1S/C36H62N2O5/c1-24(2)8-6-9-25(3)30-14-12-27-20-26(30)13-15-32-31(27)11-7-10-28-21-29(16-17-36(28,32)5)43-34(41)38-18-19-42-33(37)35(4,22-39)23-40/h10,24-27,29-32,37,39-40H,6-9,11-23H2,1-5H3,(H,38,41)/t25-,26-,27?,29?,30-,31-,32+,36+/m1/s1. The Labute approximate surface area is 261 Å². The number of rotatable bonds is 12. The average molecular weight is 603 g/mol. The van der Waals surface area contributed by atoms with Crippen molar-refractivity contribution in [3.63, 3.8) is 0 Å². The zero-order valence-electron chi connectivity index (χ0n) is 27.8. The van der Waals surface area contributed by atoms with E-state index in [2.05, 4.69) is 39.1 Å². The second-order valence-corrected chi connectivity index (χ2v) is 15.6. The zero-order chi connectivity index (χ0) is 31.2. The van der Waals surface area contributed by atoms with Crippen molar-refractivity contribution in [3.05, 3.63) is 11.6 Å². The Morgan fingerprint density at radius 2 is 1.84 bits per heavy atom. The Kier molecular flexibility index (Phi) is 12.1. The summed E-state index contributed by atoms with van der Waals surface area (Å²) in [6.45, 7) is 10.9. The molecule has 4 N–H and O–H groups in total. The fourth-order valence-electron chi connectivity index (χ4n) is 9.38. The highest BCUT2D eigenvalue weighted by molar-refractivity contribution is 5.79. The maximum atomic E-state index is 12.6. The number of hydrogen-bond acceptors (Lipinski definition) is 6. The minimum absolute atomic E-state index is 0.0836. The molecule has 0 radical (unpaired) electrons. The van der Waals surface area contributed by atoms with E-state index in [0.717, 1.165) is 67.1 Å². The van der Waals surface area contributed by atoms with Gasteiger partial charge in [0, 0.05) is 6.42 Å². The number of hydrogen-bond donors (Lipinski definition) is 4. The van der Waals surface area contributed by atoms with Crippen LogP contribution in [0.5, 0.6) is 0 Å². The van der Waals surface area contributed by atoms with E-state index >= 15 is 0 Å². The lowest BCUT2D eigenvalue weighted by atomic mass is 9.57. The van der Waals surface area contributed by atoms with Crippen LogP contribution in [0.25, 0.3) is 0 Å². The van der Waals surface area contributed by atoms with Gasteiger partial charge in [0.2, 0.25) is 0 Å². The average Bonchev–Trinajstić information content (AvgIpc) is 3.21. The normalized spacial score (nSPS) is 33.3. The van der Waals surface area contributed by atoms with E-state index in [0.29, 0.717) is 0 Å². The molecule has 0 aromatic carbocycles. The predicted molar refractivity (Wildman–Crippen MR) is 172 cm³/mol. The number of nitrogens with one attached hydrogen (secondary N) is 2. The molecule has 7 nitrogen and oxygen atoms in total. The minimum atomic E-state index is -1.12. The van der Waals surface area contributed by atoms with Gasteiger partial charge in [-0.2, -0.15) is 0 Å². The summed E-state index contributed by atoms with van der Waals surface area (Å²) in [5, 5.41) is 29.5. The van der Waals surface area contributed by atoms with Crippen LogP contribution < -0.4 is 5.32 Å². The molecule has 246 valence electrons. The molecule has 7 heteroatoms. The van der Waals surface area contributed by atoms with Gasteiger partial charge < -0.3 is 25.0 Å². The van der Waals surface area contributed by atoms with E-state index in [4.69, 9.17) is 14.9 Å². The SMILES string of the molecule is CC(C)CCC[C@@H](C)[C@H]1CCC2C[C@H]1CC[C@H]1[C@@H]2CCC=C2CC(OC(=O)NCCOC(=N)C(C)(CO)CO)CC[C@@]21C. The first kappa shape index (κ1) is 34.3. The molecule has 2 unspecified atom stereocenters. The molecule has 0 spiro atoms. The largest absolute Gasteiger partial charge is 0.479 e. The van der Waals surface area contributed by atoms with Gasteiger partial charge in [0.15, 0.2) is 5.90 Å². The number of aliphatic hydroxyl groups is 2. The summed E-state index contributed by atoms with van der Waals surface area (Å²) < 4.78 is 11.2. The van der Waals surface area contributed by atoms with Gasteiger partial charge in [0.1, 0.15) is 12.7 Å². The third-order valence-corrected chi connectivity index (χ3v) is 12.2. The van der Waals surface area contributed by atoms with Gasteiger partial charge in [-0.25, -0.2) is 4.79 Å². The fraction of sp³-hybridized carbons (Fsp3) is 0.889. The van der Waals surface area contributed by atoms with Gasteiger partial charge in [-0.1, -0.05) is 58.6 Å². The van der Waals surface area contributed by atoms with Crippen LogP contribution in [-0.4, -0.2) is 54.7 Å². The molecule has 0 aliphatic heterocycles. The maximum absolute atomic E-state index is 12.6. The molecule has 0 saturated heterocycles. The summed E-state index contributed by atoms with van der Waals surface area (Å²) in [4.78, 5) is 12.6. The van der Waals surface area contributed by atoms with E-state index in [1.165, 1.54) is 63.4 Å². The Balaban J connectivity index is 1.29. The van der Waals surface area contributed by atoms with Crippen LogP contribution in [0, 0.1) is 57.7 Å². The van der Waals surface area contributed by atoms with E-state index in [-0.39, 0.29) is 43.8 Å². The number of aliphatic hydroxyl groups excluding tert-OH is 2. The van der Waals surface area contributed by atoms with Crippen LogP contribution in [0.2, 0.25) is 0 Å². The smallest absolute Gasteiger partial charge is 0.407 e. The molecular weight excluding hydrogens is 540 g/mol. The lowest BCUT2D eigenvalue weighted by molar-refractivity contribution is 0.0280. The van der Waals surface area contributed by atoms with Crippen molar-refractivity contribution in [3.8, 4) is 0 Å². The first-order valence-corrected chi connectivity index (χ1v) is 17.6. The zero-order valence-corrected chi connectivity index (χ0v) is 27.8. The Morgan fingerprint density at radius 1 is 1.09 bits per heavy atom. The molecule has 4 aliphatic rings. The summed E-state index contributed by atoms with van der Waals surface area (Å²) in [6.07, 6.45) is 18.5. The molecule has 3 fully saturated rings. The molecule has 2 bridgehead atoms. The van der Waals surface area contributed by atoms with Crippen molar-refractivity contribution in [2.75, 3.05) is 26.4 Å². The quantitative estimate of drug-likeness (QED) is 0.0800. The first-order valence-electron chi connectivity index (χ1n) is 17.6. The summed E-state index contributed by atoms with van der Waals surface area (Å²) in [7, 11) is 0. The topological polar surface area (TPSA) is 112 Å². The number of carbonyl (C=O) groups is 1. The second kappa shape index (κ2) is 15.1. The number of fused-ring (bicyclic) bond motifs is 6. The van der Waals surface area contributed by atoms with Gasteiger partial charge in [-0.3, -0.25) is 5.41 Å². The van der Waals surface area contributed by atoms with Gasteiger partial charge in [-0.05, 0) is 112 Å². The molecule has 4 aliphatic carbocycles. The van der Waals surface area contributed by atoms with Crippen molar-refractivity contribution >= 4 is 12.0 Å². The minimum Gasteiger partial charge on any atom is -0.479 e. The number of alkyl carbamates (subject to hydrolysis) is 1. The highest BCUT2D eigenvalue weighted by atomic mass is 16.6. The van der Waals surface area contributed by atoms with Gasteiger partial charge in [0.05, 0.1) is 25.2 Å². The van der Waals surface area contributed by atoms with Crippen LogP contribution in [0.4, 0.5) is 4.79 Å². The first-order chi connectivity index (χ1) is 20.5.